The van der Waals surface area contributed by atoms with E-state index in [0.717, 1.165) is 0 Å². The van der Waals surface area contributed by atoms with Crippen molar-refractivity contribution in [1.29, 1.82) is 5.26 Å². The van der Waals surface area contributed by atoms with Gasteiger partial charge in [0.25, 0.3) is 0 Å². The van der Waals surface area contributed by atoms with Gasteiger partial charge < -0.3 is 5.11 Å². The van der Waals surface area contributed by atoms with Crippen molar-refractivity contribution in [2.45, 2.75) is 6.42 Å². The number of nitriles is 1. The maximum absolute atomic E-state index is 9.38. The Bertz CT molecular complexity index is 95.6. The number of hydrogen-bond acceptors (Lipinski definition) is 2. The number of aliphatic carboxylic acids is 1. The zero-order valence-electron chi connectivity index (χ0n) is 3.01. The number of hydrogen-bond donors (Lipinski definition) is 1. The Balaban J connectivity index is 0. The Hall–Kier alpha value is 0.220. The summed E-state index contributed by atoms with van der Waals surface area (Å²) in [5, 5.41) is 15.3. The predicted octanol–water partition coefficient (Wildman–Crippen LogP) is -0.932. The summed E-state index contributed by atoms with van der Waals surface area (Å²) in [5.41, 5.74) is 0. The number of carbonyl (C=O) groups is 1. The molecule has 0 bridgehead atoms. The second-order valence-electron chi connectivity index (χ2n) is 0.729. The van der Waals surface area contributed by atoms with Crippen LogP contribution in [0.2, 0.25) is 0 Å². The first-order valence-electron chi connectivity index (χ1n) is 1.36. The topological polar surface area (TPSA) is 61.1 Å². The first-order chi connectivity index (χ1) is 2.77. The van der Waals surface area contributed by atoms with Crippen molar-refractivity contribution in [1.82, 2.24) is 0 Å². The molecule has 0 aliphatic carbocycles. The van der Waals surface area contributed by atoms with Gasteiger partial charge in [0.2, 0.25) is 0 Å². The maximum atomic E-state index is 9.38. The summed E-state index contributed by atoms with van der Waals surface area (Å²) in [6.45, 7) is 0. The molecule has 0 aliphatic heterocycles. The van der Waals surface area contributed by atoms with Gasteiger partial charge in [0, 0.05) is 0 Å². The van der Waals surface area contributed by atoms with Gasteiger partial charge >= 0.3 is 43.7 Å². The Kier molecular flexibility index (Phi) is 9.11. The van der Waals surface area contributed by atoms with Gasteiger partial charge in [-0.25, -0.2) is 0 Å². The van der Waals surface area contributed by atoms with Gasteiger partial charge in [-0.15, -0.1) is 0 Å². The minimum absolute atomic E-state index is 0. The van der Waals surface area contributed by atoms with Crippen molar-refractivity contribution in [2.75, 3.05) is 0 Å². The number of carboxylic acid groups (broad SMARTS) is 1. The molecule has 0 radical (unpaired) electrons. The van der Waals surface area contributed by atoms with E-state index in [1.54, 1.807) is 0 Å². The van der Waals surface area contributed by atoms with Gasteiger partial charge in [-0.3, -0.25) is 4.79 Å². The normalized spacial score (nSPS) is 5.57. The Morgan fingerprint density at radius 2 is 2.29 bits per heavy atom. The van der Waals surface area contributed by atoms with Crippen LogP contribution in [0.15, 0.2) is 0 Å². The number of nitrogens with zero attached hydrogens (tertiary/aromatic N) is 1. The van der Waals surface area contributed by atoms with Gasteiger partial charge in [-0.05, 0) is 0 Å². The molecule has 7 heavy (non-hydrogen) atoms. The van der Waals surface area contributed by atoms with E-state index in [-0.39, 0.29) is 37.7 Å². The summed E-state index contributed by atoms with van der Waals surface area (Å²) in [6, 6.07) is 1.47. The number of rotatable bonds is 1. The van der Waals surface area contributed by atoms with Crippen molar-refractivity contribution < 1.29 is 9.90 Å². The van der Waals surface area contributed by atoms with Crippen molar-refractivity contribution in [2.24, 2.45) is 0 Å². The molecule has 0 aromatic heterocycles. The minimum atomic E-state index is -1.07. The third kappa shape index (κ3) is 10.7. The van der Waals surface area contributed by atoms with Crippen LogP contribution in [0.25, 0.3) is 0 Å². The van der Waals surface area contributed by atoms with Crippen molar-refractivity contribution in [3.05, 3.63) is 0 Å². The zero-order chi connectivity index (χ0) is 4.99. The van der Waals surface area contributed by atoms with E-state index in [2.05, 4.69) is 0 Å². The molecule has 3 nitrogen and oxygen atoms in total. The van der Waals surface area contributed by atoms with Crippen LogP contribution in [0.1, 0.15) is 6.42 Å². The molecule has 0 amide bonds. The van der Waals surface area contributed by atoms with Gasteiger partial charge in [0.05, 0.1) is 6.07 Å². The summed E-state index contributed by atoms with van der Waals surface area (Å²) in [5.74, 6) is -1.07. The van der Waals surface area contributed by atoms with E-state index in [4.69, 9.17) is 10.4 Å². The van der Waals surface area contributed by atoms with Crippen LogP contribution >= 0.6 is 0 Å². The fourth-order valence-corrected chi connectivity index (χ4v) is 0.0676. The van der Waals surface area contributed by atoms with Gasteiger partial charge in [0.15, 0.2) is 0 Å². The summed E-state index contributed by atoms with van der Waals surface area (Å²) >= 11 is 0. The SMILES string of the molecule is N#CCC(=O)O.[CaH2]. The number of carboxylic acids is 1. The van der Waals surface area contributed by atoms with Crippen LogP contribution in [-0.4, -0.2) is 48.8 Å². The molecular formula is C3H5CaNO2. The first-order valence-corrected chi connectivity index (χ1v) is 1.36. The molecule has 0 aromatic carbocycles. The molecule has 0 aliphatic rings. The van der Waals surface area contributed by atoms with Crippen LogP contribution in [0, 0.1) is 11.3 Å². The summed E-state index contributed by atoms with van der Waals surface area (Å²) in [7, 11) is 0. The zero-order valence-corrected chi connectivity index (χ0v) is 3.01. The van der Waals surface area contributed by atoms with Crippen LogP contribution in [0.5, 0.6) is 0 Å². The molecule has 0 aromatic rings. The first kappa shape index (κ1) is 10.3. The molecule has 0 unspecified atom stereocenters. The van der Waals surface area contributed by atoms with E-state index in [1.807, 2.05) is 0 Å². The van der Waals surface area contributed by atoms with E-state index in [1.165, 1.54) is 6.07 Å². The molecule has 36 valence electrons. The molecule has 0 fully saturated rings. The van der Waals surface area contributed by atoms with Crippen LogP contribution in [-0.2, 0) is 4.79 Å². The van der Waals surface area contributed by atoms with Gasteiger partial charge in [-0.1, -0.05) is 0 Å². The summed E-state index contributed by atoms with van der Waals surface area (Å²) in [6.07, 6.45) is -0.403. The Labute approximate surface area is 70.9 Å². The van der Waals surface area contributed by atoms with E-state index < -0.39 is 12.4 Å². The predicted molar refractivity (Wildman–Crippen MR) is 26.4 cm³/mol. The molecule has 0 rings (SSSR count). The molecular weight excluding hydrogens is 122 g/mol. The molecule has 0 atom stereocenters. The van der Waals surface area contributed by atoms with Gasteiger partial charge in [0.1, 0.15) is 6.42 Å². The third-order valence-electron chi connectivity index (χ3n) is 0.230. The standard InChI is InChI=1S/C3H3NO2.Ca.2H/c4-2-1-3(5)6;;;/h1H2,(H,5,6);;;. The van der Waals surface area contributed by atoms with E-state index in [0.29, 0.717) is 0 Å². The molecule has 0 saturated carbocycles. The molecule has 4 heteroatoms. The van der Waals surface area contributed by atoms with Crippen molar-refractivity contribution >= 4 is 43.7 Å². The average Bonchev–Trinajstić information content (AvgIpc) is 1.35. The van der Waals surface area contributed by atoms with Crippen molar-refractivity contribution in [3.8, 4) is 6.07 Å². The van der Waals surface area contributed by atoms with Crippen LogP contribution < -0.4 is 0 Å². The van der Waals surface area contributed by atoms with Gasteiger partial charge in [-0.2, -0.15) is 5.26 Å². The van der Waals surface area contributed by atoms with Crippen LogP contribution in [0.3, 0.4) is 0 Å². The molecule has 0 spiro atoms. The van der Waals surface area contributed by atoms with Crippen LogP contribution in [0.4, 0.5) is 0 Å². The molecule has 1 N–H and O–H groups in total. The fraction of sp³-hybridized carbons (Fsp3) is 0.333. The second kappa shape index (κ2) is 6.22. The van der Waals surface area contributed by atoms with Crippen molar-refractivity contribution in [3.63, 3.8) is 0 Å². The quantitative estimate of drug-likeness (QED) is 0.463. The second-order valence-corrected chi connectivity index (χ2v) is 0.729. The Morgan fingerprint density at radius 1 is 1.86 bits per heavy atom. The van der Waals surface area contributed by atoms with E-state index in [9.17, 15) is 4.79 Å². The molecule has 0 heterocycles. The average molecular weight is 127 g/mol. The fourth-order valence-electron chi connectivity index (χ4n) is 0.0676. The third-order valence-corrected chi connectivity index (χ3v) is 0.230. The van der Waals surface area contributed by atoms with E-state index >= 15 is 0 Å². The Morgan fingerprint density at radius 3 is 2.29 bits per heavy atom. The summed E-state index contributed by atoms with van der Waals surface area (Å²) < 4.78 is 0. The summed E-state index contributed by atoms with van der Waals surface area (Å²) in [4.78, 5) is 9.38. The monoisotopic (exact) mass is 127 g/mol. The molecule has 0 saturated heterocycles.